The Labute approximate surface area is 161 Å². The number of nitrogens with zero attached hydrogens (tertiary/aromatic N) is 2. The van der Waals surface area contributed by atoms with Crippen LogP contribution in [0.4, 0.5) is 0 Å². The number of amides is 1. The number of ketones is 1. The zero-order valence-electron chi connectivity index (χ0n) is 15.2. The van der Waals surface area contributed by atoms with Crippen molar-refractivity contribution in [2.24, 2.45) is 0 Å². The van der Waals surface area contributed by atoms with E-state index in [1.807, 2.05) is 37.3 Å². The number of hydrogen-bond donors (Lipinski definition) is 1. The van der Waals surface area contributed by atoms with Crippen molar-refractivity contribution in [1.29, 1.82) is 0 Å². The van der Waals surface area contributed by atoms with E-state index in [1.54, 1.807) is 24.5 Å². The Morgan fingerprint density at radius 1 is 1.18 bits per heavy atom. The summed E-state index contributed by atoms with van der Waals surface area (Å²) in [6.45, 7) is 2.17. The maximum absolute atomic E-state index is 13.0. The van der Waals surface area contributed by atoms with Crippen molar-refractivity contribution in [2.75, 3.05) is 0 Å². The molecule has 3 aromatic rings. The smallest absolute Gasteiger partial charge is 0.290 e. The maximum Gasteiger partial charge on any atom is 0.290 e. The molecule has 140 valence electrons. The summed E-state index contributed by atoms with van der Waals surface area (Å²) in [6.07, 6.45) is 4.69. The Bertz CT molecular complexity index is 1040. The fourth-order valence-electron chi connectivity index (χ4n) is 3.37. The highest BCUT2D eigenvalue weighted by atomic mass is 16.3. The monoisotopic (exact) mass is 374 g/mol. The van der Waals surface area contributed by atoms with E-state index >= 15 is 0 Å². The molecular weight excluding hydrogens is 356 g/mol. The first-order chi connectivity index (χ1) is 13.6. The Morgan fingerprint density at radius 3 is 2.61 bits per heavy atom. The van der Waals surface area contributed by atoms with E-state index in [2.05, 4.69) is 4.98 Å². The number of aryl methyl sites for hydroxylation is 1. The zero-order chi connectivity index (χ0) is 19.7. The fraction of sp³-hybridized carbons (Fsp3) is 0.136. The van der Waals surface area contributed by atoms with E-state index in [9.17, 15) is 14.7 Å². The zero-order valence-corrected chi connectivity index (χ0v) is 15.2. The van der Waals surface area contributed by atoms with Crippen LogP contribution >= 0.6 is 0 Å². The van der Waals surface area contributed by atoms with E-state index in [0.717, 1.165) is 16.7 Å². The Hall–Kier alpha value is -3.67. The molecule has 1 amide bonds. The summed E-state index contributed by atoms with van der Waals surface area (Å²) in [5.41, 5.74) is 2.61. The van der Waals surface area contributed by atoms with Crippen LogP contribution in [0, 0.1) is 6.92 Å². The predicted molar refractivity (Wildman–Crippen MR) is 101 cm³/mol. The van der Waals surface area contributed by atoms with Gasteiger partial charge in [-0.05, 0) is 36.2 Å². The van der Waals surface area contributed by atoms with Gasteiger partial charge in [-0.1, -0.05) is 35.9 Å². The van der Waals surface area contributed by atoms with Crippen molar-refractivity contribution in [3.8, 4) is 0 Å². The molecular formula is C22H18N2O4. The molecule has 0 radical (unpaired) electrons. The lowest BCUT2D eigenvalue weighted by Gasteiger charge is -2.26. The molecule has 6 nitrogen and oxygen atoms in total. The Morgan fingerprint density at radius 2 is 1.96 bits per heavy atom. The predicted octanol–water partition coefficient (Wildman–Crippen LogP) is 3.76. The van der Waals surface area contributed by atoms with Crippen LogP contribution in [0.15, 0.2) is 82.9 Å². The van der Waals surface area contributed by atoms with Crippen LogP contribution in [0.5, 0.6) is 0 Å². The lowest BCUT2D eigenvalue weighted by molar-refractivity contribution is -0.130. The average molecular weight is 374 g/mol. The molecule has 0 unspecified atom stereocenters. The summed E-state index contributed by atoms with van der Waals surface area (Å²) < 4.78 is 5.21. The summed E-state index contributed by atoms with van der Waals surface area (Å²) in [7, 11) is 0. The Kier molecular flexibility index (Phi) is 4.53. The third-order valence-corrected chi connectivity index (χ3v) is 4.76. The molecule has 3 heterocycles. The van der Waals surface area contributed by atoms with Crippen LogP contribution in [-0.4, -0.2) is 26.7 Å². The second-order valence-electron chi connectivity index (χ2n) is 6.68. The molecule has 28 heavy (non-hydrogen) atoms. The summed E-state index contributed by atoms with van der Waals surface area (Å²) in [4.78, 5) is 31.4. The first-order valence-corrected chi connectivity index (χ1v) is 8.84. The molecule has 1 atom stereocenters. The van der Waals surface area contributed by atoms with Gasteiger partial charge in [-0.3, -0.25) is 14.6 Å². The minimum Gasteiger partial charge on any atom is -0.503 e. The number of furan rings is 1. The van der Waals surface area contributed by atoms with Crippen molar-refractivity contribution in [3.63, 3.8) is 0 Å². The summed E-state index contributed by atoms with van der Waals surface area (Å²) in [6, 6.07) is 13.5. The van der Waals surface area contributed by atoms with Crippen molar-refractivity contribution in [1.82, 2.24) is 9.88 Å². The highest BCUT2D eigenvalue weighted by Crippen LogP contribution is 2.39. The standard InChI is InChI=1S/C22H18N2O4/c1-14-6-8-16(9-7-14)19-18(20(25)17-5-3-11-28-17)21(26)22(27)24(19)13-15-4-2-10-23-12-15/h2-12,19,26H,13H2,1H3/t19-/m0/s1. The largest absolute Gasteiger partial charge is 0.503 e. The van der Waals surface area contributed by atoms with E-state index in [0.29, 0.717) is 0 Å². The number of aliphatic hydroxyl groups excluding tert-OH is 1. The highest BCUT2D eigenvalue weighted by Gasteiger charge is 2.44. The molecule has 4 rings (SSSR count). The van der Waals surface area contributed by atoms with Crippen molar-refractivity contribution in [3.05, 3.63) is 101 Å². The molecule has 0 fully saturated rings. The number of carbonyl (C=O) groups excluding carboxylic acids is 2. The maximum atomic E-state index is 13.0. The number of Topliss-reactive ketones (excluding diaryl/α,β-unsaturated/α-hetero) is 1. The number of hydrogen-bond acceptors (Lipinski definition) is 5. The van der Waals surface area contributed by atoms with Gasteiger partial charge < -0.3 is 14.4 Å². The fourth-order valence-corrected chi connectivity index (χ4v) is 3.37. The highest BCUT2D eigenvalue weighted by molar-refractivity contribution is 6.14. The van der Waals surface area contributed by atoms with Gasteiger partial charge in [0.2, 0.25) is 5.78 Å². The number of aromatic nitrogens is 1. The second kappa shape index (κ2) is 7.15. The van der Waals surface area contributed by atoms with Crippen LogP contribution < -0.4 is 0 Å². The number of benzene rings is 1. The molecule has 0 spiro atoms. The van der Waals surface area contributed by atoms with Gasteiger partial charge in [0.05, 0.1) is 17.9 Å². The van der Waals surface area contributed by atoms with Gasteiger partial charge in [0.25, 0.3) is 5.91 Å². The van der Waals surface area contributed by atoms with Crippen LogP contribution in [0.2, 0.25) is 0 Å². The molecule has 1 aromatic carbocycles. The Balaban J connectivity index is 1.79. The molecule has 0 aliphatic carbocycles. The SMILES string of the molecule is Cc1ccc([C@H]2C(C(=O)c3ccco3)=C(O)C(=O)N2Cc2cccnc2)cc1. The summed E-state index contributed by atoms with van der Waals surface area (Å²) >= 11 is 0. The molecule has 0 bridgehead atoms. The number of aliphatic hydroxyl groups is 1. The molecule has 2 aromatic heterocycles. The van der Waals surface area contributed by atoms with Gasteiger partial charge in [-0.25, -0.2) is 0 Å². The van der Waals surface area contributed by atoms with E-state index in [-0.39, 0.29) is 17.9 Å². The van der Waals surface area contributed by atoms with Crippen LogP contribution in [-0.2, 0) is 11.3 Å². The van der Waals surface area contributed by atoms with E-state index < -0.39 is 23.5 Å². The molecule has 6 heteroatoms. The topological polar surface area (TPSA) is 83.6 Å². The van der Waals surface area contributed by atoms with Gasteiger partial charge >= 0.3 is 0 Å². The number of carbonyl (C=O) groups is 2. The summed E-state index contributed by atoms with van der Waals surface area (Å²) in [5.74, 6) is -1.56. The molecule has 1 N–H and O–H groups in total. The van der Waals surface area contributed by atoms with Crippen LogP contribution in [0.25, 0.3) is 0 Å². The van der Waals surface area contributed by atoms with E-state index in [4.69, 9.17) is 4.42 Å². The van der Waals surface area contributed by atoms with Crippen molar-refractivity contribution < 1.29 is 19.1 Å². The number of pyridine rings is 1. The third-order valence-electron chi connectivity index (χ3n) is 4.76. The first-order valence-electron chi connectivity index (χ1n) is 8.84. The molecule has 0 saturated carbocycles. The van der Waals surface area contributed by atoms with Gasteiger partial charge in [-0.2, -0.15) is 0 Å². The lowest BCUT2D eigenvalue weighted by atomic mass is 9.94. The van der Waals surface area contributed by atoms with Gasteiger partial charge in [-0.15, -0.1) is 0 Å². The minimum absolute atomic E-state index is 0.0210. The molecule has 0 saturated heterocycles. The number of rotatable bonds is 5. The summed E-state index contributed by atoms with van der Waals surface area (Å²) in [5, 5.41) is 10.6. The third kappa shape index (κ3) is 3.09. The first kappa shape index (κ1) is 17.7. The minimum atomic E-state index is -0.717. The van der Waals surface area contributed by atoms with Gasteiger partial charge in [0.15, 0.2) is 11.5 Å². The van der Waals surface area contributed by atoms with Gasteiger partial charge in [0, 0.05) is 18.9 Å². The van der Waals surface area contributed by atoms with Crippen LogP contribution in [0.1, 0.15) is 33.3 Å². The quantitative estimate of drug-likeness (QED) is 0.688. The molecule has 1 aliphatic rings. The van der Waals surface area contributed by atoms with Gasteiger partial charge in [0.1, 0.15) is 0 Å². The second-order valence-corrected chi connectivity index (χ2v) is 6.68. The van der Waals surface area contributed by atoms with E-state index in [1.165, 1.54) is 17.2 Å². The lowest BCUT2D eigenvalue weighted by Crippen LogP contribution is -2.30. The van der Waals surface area contributed by atoms with Crippen molar-refractivity contribution in [2.45, 2.75) is 19.5 Å². The normalized spacial score (nSPS) is 16.7. The molecule has 1 aliphatic heterocycles. The van der Waals surface area contributed by atoms with Crippen molar-refractivity contribution >= 4 is 11.7 Å². The van der Waals surface area contributed by atoms with Crippen LogP contribution in [0.3, 0.4) is 0 Å². The average Bonchev–Trinajstić information content (AvgIpc) is 3.33.